The summed E-state index contributed by atoms with van der Waals surface area (Å²) < 4.78 is 0. The van der Waals surface area contributed by atoms with Crippen molar-refractivity contribution in [2.75, 3.05) is 33.7 Å². The van der Waals surface area contributed by atoms with Gasteiger partial charge in [0.25, 0.3) is 0 Å². The maximum absolute atomic E-state index is 11.4. The Labute approximate surface area is 102 Å². The smallest absolute Gasteiger partial charge is 0.314 e. The summed E-state index contributed by atoms with van der Waals surface area (Å²) in [6.07, 6.45) is 0.473. The molecule has 6 nitrogen and oxygen atoms in total. The average Bonchev–Trinajstić information content (AvgIpc) is 2.25. The molecule has 2 amide bonds. The second-order valence-corrected chi connectivity index (χ2v) is 4.63. The van der Waals surface area contributed by atoms with Crippen LogP contribution in [-0.4, -0.2) is 55.7 Å². The quantitative estimate of drug-likeness (QED) is 0.604. The average molecular weight is 245 g/mol. The van der Waals surface area contributed by atoms with E-state index in [1.54, 1.807) is 13.8 Å². The summed E-state index contributed by atoms with van der Waals surface area (Å²) >= 11 is 0. The summed E-state index contributed by atoms with van der Waals surface area (Å²) in [6, 6.07) is -0.326. The number of amides is 2. The van der Waals surface area contributed by atoms with Crippen LogP contribution in [0.2, 0.25) is 0 Å². The number of aliphatic carboxylic acids is 1. The fourth-order valence-electron chi connectivity index (χ4n) is 1.08. The van der Waals surface area contributed by atoms with Crippen LogP contribution in [0.1, 0.15) is 20.3 Å². The predicted octanol–water partition coefficient (Wildman–Crippen LogP) is 0.348. The van der Waals surface area contributed by atoms with E-state index in [1.165, 1.54) is 0 Å². The van der Waals surface area contributed by atoms with Gasteiger partial charge in [-0.3, -0.25) is 4.79 Å². The van der Waals surface area contributed by atoms with Crippen LogP contribution in [0.25, 0.3) is 0 Å². The molecular formula is C11H23N3O3. The summed E-state index contributed by atoms with van der Waals surface area (Å²) in [6.45, 7) is 4.83. The highest BCUT2D eigenvalue weighted by molar-refractivity contribution is 5.77. The molecule has 0 spiro atoms. The molecule has 0 radical (unpaired) electrons. The second-order valence-electron chi connectivity index (χ2n) is 4.63. The Balaban J connectivity index is 3.94. The van der Waals surface area contributed by atoms with Crippen molar-refractivity contribution < 1.29 is 14.7 Å². The van der Waals surface area contributed by atoms with Gasteiger partial charge in [-0.25, -0.2) is 4.79 Å². The molecule has 6 heteroatoms. The summed E-state index contributed by atoms with van der Waals surface area (Å²) in [7, 11) is 3.83. The van der Waals surface area contributed by atoms with Crippen molar-refractivity contribution in [3.8, 4) is 0 Å². The number of nitrogens with zero attached hydrogens (tertiary/aromatic N) is 1. The number of carboxylic acid groups (broad SMARTS) is 1. The number of rotatable bonds is 7. The molecule has 17 heavy (non-hydrogen) atoms. The van der Waals surface area contributed by atoms with Crippen molar-refractivity contribution in [1.29, 1.82) is 0 Å². The Morgan fingerprint density at radius 2 is 1.88 bits per heavy atom. The minimum atomic E-state index is -0.904. The first-order valence-corrected chi connectivity index (χ1v) is 5.71. The first-order valence-electron chi connectivity index (χ1n) is 5.71. The van der Waals surface area contributed by atoms with Gasteiger partial charge in [0.2, 0.25) is 0 Å². The number of likely N-dealkylation sites (N-methyl/N-ethyl adjacent to an activating group) is 1. The van der Waals surface area contributed by atoms with Gasteiger partial charge in [0, 0.05) is 19.6 Å². The molecule has 0 aliphatic carbocycles. The van der Waals surface area contributed by atoms with Crippen molar-refractivity contribution in [3.05, 3.63) is 0 Å². The van der Waals surface area contributed by atoms with Crippen LogP contribution in [0, 0.1) is 5.41 Å². The van der Waals surface area contributed by atoms with Crippen LogP contribution in [-0.2, 0) is 4.79 Å². The van der Waals surface area contributed by atoms with Gasteiger partial charge in [-0.2, -0.15) is 0 Å². The lowest BCUT2D eigenvalue weighted by Gasteiger charge is -2.23. The Kier molecular flexibility index (Phi) is 6.57. The lowest BCUT2D eigenvalue weighted by molar-refractivity contribution is -0.147. The third-order valence-electron chi connectivity index (χ3n) is 2.78. The van der Waals surface area contributed by atoms with Gasteiger partial charge in [-0.1, -0.05) is 6.92 Å². The number of hydrogen-bond donors (Lipinski definition) is 3. The molecule has 1 atom stereocenters. The van der Waals surface area contributed by atoms with Gasteiger partial charge in [0.05, 0.1) is 5.41 Å². The molecule has 0 aliphatic heterocycles. The normalized spacial score (nSPS) is 14.2. The van der Waals surface area contributed by atoms with Crippen molar-refractivity contribution in [2.24, 2.45) is 5.41 Å². The fraction of sp³-hybridized carbons (Fsp3) is 0.818. The van der Waals surface area contributed by atoms with Gasteiger partial charge < -0.3 is 20.6 Å². The van der Waals surface area contributed by atoms with E-state index in [1.807, 2.05) is 19.0 Å². The molecular weight excluding hydrogens is 222 g/mol. The van der Waals surface area contributed by atoms with E-state index >= 15 is 0 Å². The highest BCUT2D eigenvalue weighted by Crippen LogP contribution is 2.19. The van der Waals surface area contributed by atoms with E-state index in [9.17, 15) is 9.59 Å². The Bertz CT molecular complexity index is 269. The first kappa shape index (κ1) is 15.7. The SMILES string of the molecule is CCC(C)(CNC(=O)NCCN(C)C)C(=O)O. The zero-order chi connectivity index (χ0) is 13.5. The van der Waals surface area contributed by atoms with Crippen molar-refractivity contribution >= 4 is 12.0 Å². The maximum Gasteiger partial charge on any atom is 0.314 e. The molecule has 0 saturated heterocycles. The first-order chi connectivity index (χ1) is 7.81. The molecule has 3 N–H and O–H groups in total. The van der Waals surface area contributed by atoms with Crippen LogP contribution in [0.5, 0.6) is 0 Å². The molecule has 0 aromatic rings. The zero-order valence-corrected chi connectivity index (χ0v) is 11.0. The van der Waals surface area contributed by atoms with E-state index in [2.05, 4.69) is 10.6 Å². The Morgan fingerprint density at radius 3 is 2.29 bits per heavy atom. The molecule has 100 valence electrons. The molecule has 0 bridgehead atoms. The van der Waals surface area contributed by atoms with Crippen molar-refractivity contribution in [3.63, 3.8) is 0 Å². The maximum atomic E-state index is 11.4. The molecule has 0 fully saturated rings. The number of carbonyl (C=O) groups excluding carboxylic acids is 1. The number of nitrogens with one attached hydrogen (secondary N) is 2. The number of carboxylic acids is 1. The molecule has 0 aromatic heterocycles. The highest BCUT2D eigenvalue weighted by Gasteiger charge is 2.31. The van der Waals surface area contributed by atoms with E-state index in [4.69, 9.17) is 5.11 Å². The van der Waals surface area contributed by atoms with Gasteiger partial charge in [-0.05, 0) is 27.4 Å². The van der Waals surface area contributed by atoms with Gasteiger partial charge in [-0.15, -0.1) is 0 Å². The Morgan fingerprint density at radius 1 is 1.29 bits per heavy atom. The summed E-state index contributed by atoms with van der Waals surface area (Å²) in [5, 5.41) is 14.3. The van der Waals surface area contributed by atoms with E-state index < -0.39 is 11.4 Å². The van der Waals surface area contributed by atoms with Crippen LogP contribution >= 0.6 is 0 Å². The number of urea groups is 1. The molecule has 1 unspecified atom stereocenters. The van der Waals surface area contributed by atoms with Crippen LogP contribution < -0.4 is 10.6 Å². The van der Waals surface area contributed by atoms with E-state index in [0.717, 1.165) is 6.54 Å². The highest BCUT2D eigenvalue weighted by atomic mass is 16.4. The van der Waals surface area contributed by atoms with Crippen molar-refractivity contribution in [2.45, 2.75) is 20.3 Å². The third kappa shape index (κ3) is 6.11. The lowest BCUT2D eigenvalue weighted by Crippen LogP contribution is -2.45. The van der Waals surface area contributed by atoms with Crippen molar-refractivity contribution in [1.82, 2.24) is 15.5 Å². The fourth-order valence-corrected chi connectivity index (χ4v) is 1.08. The topological polar surface area (TPSA) is 81.7 Å². The van der Waals surface area contributed by atoms with Crippen LogP contribution in [0.15, 0.2) is 0 Å². The van der Waals surface area contributed by atoms with Gasteiger partial charge in [0.1, 0.15) is 0 Å². The Hall–Kier alpha value is -1.30. The predicted molar refractivity (Wildman–Crippen MR) is 66.0 cm³/mol. The minimum absolute atomic E-state index is 0.132. The third-order valence-corrected chi connectivity index (χ3v) is 2.78. The van der Waals surface area contributed by atoms with E-state index in [-0.39, 0.29) is 12.6 Å². The minimum Gasteiger partial charge on any atom is -0.481 e. The van der Waals surface area contributed by atoms with E-state index in [0.29, 0.717) is 13.0 Å². The summed E-state index contributed by atoms with van der Waals surface area (Å²) in [4.78, 5) is 24.3. The molecule has 0 saturated carbocycles. The number of carbonyl (C=O) groups is 2. The standard InChI is InChI=1S/C11H23N3O3/c1-5-11(2,9(15)16)8-13-10(17)12-6-7-14(3)4/h5-8H2,1-4H3,(H,15,16)(H2,12,13,17). The molecule has 0 aromatic carbocycles. The number of hydrogen-bond acceptors (Lipinski definition) is 3. The summed E-state index contributed by atoms with van der Waals surface area (Å²) in [5.41, 5.74) is -0.904. The molecule has 0 rings (SSSR count). The molecule has 0 aliphatic rings. The summed E-state index contributed by atoms with van der Waals surface area (Å²) in [5.74, 6) is -0.895. The second kappa shape index (κ2) is 7.11. The largest absolute Gasteiger partial charge is 0.481 e. The van der Waals surface area contributed by atoms with Gasteiger partial charge in [0.15, 0.2) is 0 Å². The zero-order valence-electron chi connectivity index (χ0n) is 11.0. The lowest BCUT2D eigenvalue weighted by atomic mass is 9.88. The van der Waals surface area contributed by atoms with Crippen LogP contribution in [0.3, 0.4) is 0 Å². The molecule has 0 heterocycles. The van der Waals surface area contributed by atoms with Crippen LogP contribution in [0.4, 0.5) is 4.79 Å². The monoisotopic (exact) mass is 245 g/mol. The van der Waals surface area contributed by atoms with Gasteiger partial charge >= 0.3 is 12.0 Å².